The number of methoxy groups -OCH3 is 1. The lowest BCUT2D eigenvalue weighted by Crippen LogP contribution is -2.09. The summed E-state index contributed by atoms with van der Waals surface area (Å²) >= 11 is 0. The zero-order valence-corrected chi connectivity index (χ0v) is 12.7. The maximum atomic E-state index is 12.4. The zero-order valence-electron chi connectivity index (χ0n) is 12.7. The molecule has 0 unspecified atom stereocenters. The summed E-state index contributed by atoms with van der Waals surface area (Å²) in [6.07, 6.45) is 0. The first kappa shape index (κ1) is 14.9. The molecule has 0 saturated carbocycles. The molecule has 0 aliphatic heterocycles. The minimum absolute atomic E-state index is 0.410. The van der Waals surface area contributed by atoms with E-state index in [0.29, 0.717) is 17.1 Å². The molecule has 0 aliphatic carbocycles. The molecular formula is C20H16O3. The van der Waals surface area contributed by atoms with E-state index in [-0.39, 0.29) is 0 Å². The first-order valence-corrected chi connectivity index (χ1v) is 7.28. The van der Waals surface area contributed by atoms with Gasteiger partial charge in [0.15, 0.2) is 0 Å². The fraction of sp³-hybridized carbons (Fsp3) is 0.0500. The molecule has 0 aromatic heterocycles. The molecule has 3 aromatic carbocycles. The Balaban J connectivity index is 1.90. The summed E-state index contributed by atoms with van der Waals surface area (Å²) in [7, 11) is 1.56. The van der Waals surface area contributed by atoms with Gasteiger partial charge in [-0.15, -0.1) is 0 Å². The smallest absolute Gasteiger partial charge is 0.343 e. The molecule has 114 valence electrons. The number of benzene rings is 3. The van der Waals surface area contributed by atoms with Gasteiger partial charge in [0.25, 0.3) is 0 Å². The largest absolute Gasteiger partial charge is 0.497 e. The van der Waals surface area contributed by atoms with Crippen molar-refractivity contribution >= 4 is 5.97 Å². The van der Waals surface area contributed by atoms with Crippen LogP contribution in [0.1, 0.15) is 10.4 Å². The van der Waals surface area contributed by atoms with Gasteiger partial charge in [-0.2, -0.15) is 0 Å². The third-order valence-corrected chi connectivity index (χ3v) is 3.48. The molecule has 0 N–H and O–H groups in total. The minimum atomic E-state index is -0.410. The fourth-order valence-corrected chi connectivity index (χ4v) is 2.32. The Morgan fingerprint density at radius 1 is 0.826 bits per heavy atom. The molecule has 0 heterocycles. The second kappa shape index (κ2) is 6.79. The molecule has 0 spiro atoms. The SMILES string of the molecule is COc1cccc(C(=O)Oc2ccccc2-c2ccccc2)c1. The highest BCUT2D eigenvalue weighted by Gasteiger charge is 2.13. The van der Waals surface area contributed by atoms with E-state index in [1.165, 1.54) is 0 Å². The van der Waals surface area contributed by atoms with Crippen molar-refractivity contribution in [2.75, 3.05) is 7.11 Å². The fourth-order valence-electron chi connectivity index (χ4n) is 2.32. The molecule has 0 radical (unpaired) electrons. The predicted molar refractivity (Wildman–Crippen MR) is 89.8 cm³/mol. The van der Waals surface area contributed by atoms with Crippen LogP contribution >= 0.6 is 0 Å². The summed E-state index contributed by atoms with van der Waals surface area (Å²) in [5.74, 6) is 0.745. The average Bonchev–Trinajstić information content (AvgIpc) is 2.63. The van der Waals surface area contributed by atoms with Crippen LogP contribution in [0.25, 0.3) is 11.1 Å². The molecule has 3 rings (SSSR count). The summed E-state index contributed by atoms with van der Waals surface area (Å²) in [5.41, 5.74) is 2.33. The molecule has 0 fully saturated rings. The highest BCUT2D eigenvalue weighted by Crippen LogP contribution is 2.30. The summed E-state index contributed by atoms with van der Waals surface area (Å²) in [4.78, 5) is 12.4. The van der Waals surface area contributed by atoms with E-state index < -0.39 is 5.97 Å². The zero-order chi connectivity index (χ0) is 16.1. The van der Waals surface area contributed by atoms with Gasteiger partial charge >= 0.3 is 5.97 Å². The van der Waals surface area contributed by atoms with Gasteiger partial charge in [0, 0.05) is 5.56 Å². The Kier molecular flexibility index (Phi) is 4.39. The predicted octanol–water partition coefficient (Wildman–Crippen LogP) is 4.58. The van der Waals surface area contributed by atoms with Crippen molar-refractivity contribution in [3.8, 4) is 22.6 Å². The van der Waals surface area contributed by atoms with Gasteiger partial charge < -0.3 is 9.47 Å². The number of ether oxygens (including phenoxy) is 2. The summed E-state index contributed by atoms with van der Waals surface area (Å²) in [6, 6.07) is 24.2. The van der Waals surface area contributed by atoms with E-state index in [4.69, 9.17) is 9.47 Å². The number of hydrogen-bond acceptors (Lipinski definition) is 3. The monoisotopic (exact) mass is 304 g/mol. The molecule has 0 saturated heterocycles. The molecule has 0 bridgehead atoms. The highest BCUT2D eigenvalue weighted by atomic mass is 16.5. The topological polar surface area (TPSA) is 35.5 Å². The van der Waals surface area contributed by atoms with Crippen molar-refractivity contribution in [2.45, 2.75) is 0 Å². The van der Waals surface area contributed by atoms with Gasteiger partial charge in [0.05, 0.1) is 12.7 Å². The lowest BCUT2D eigenvalue weighted by Gasteiger charge is -2.10. The summed E-state index contributed by atoms with van der Waals surface area (Å²) < 4.78 is 10.7. The van der Waals surface area contributed by atoms with Crippen LogP contribution in [-0.2, 0) is 0 Å². The van der Waals surface area contributed by atoms with Crippen molar-refractivity contribution in [2.24, 2.45) is 0 Å². The molecule has 23 heavy (non-hydrogen) atoms. The third-order valence-electron chi connectivity index (χ3n) is 3.48. The van der Waals surface area contributed by atoms with Crippen LogP contribution in [0.5, 0.6) is 11.5 Å². The van der Waals surface area contributed by atoms with Crippen molar-refractivity contribution in [3.63, 3.8) is 0 Å². The number of carbonyl (C=O) groups is 1. The van der Waals surface area contributed by atoms with Gasteiger partial charge in [-0.25, -0.2) is 4.79 Å². The Morgan fingerprint density at radius 3 is 2.35 bits per heavy atom. The number of carbonyl (C=O) groups excluding carboxylic acids is 1. The lowest BCUT2D eigenvalue weighted by atomic mass is 10.0. The molecule has 3 aromatic rings. The van der Waals surface area contributed by atoms with Gasteiger partial charge in [-0.1, -0.05) is 54.6 Å². The maximum Gasteiger partial charge on any atom is 0.343 e. The van der Waals surface area contributed by atoms with Crippen LogP contribution in [0, 0.1) is 0 Å². The third kappa shape index (κ3) is 3.40. The highest BCUT2D eigenvalue weighted by molar-refractivity contribution is 5.92. The van der Waals surface area contributed by atoms with Crippen molar-refractivity contribution in [1.29, 1.82) is 0 Å². The van der Waals surface area contributed by atoms with Crippen LogP contribution < -0.4 is 9.47 Å². The second-order valence-corrected chi connectivity index (χ2v) is 4.98. The van der Waals surface area contributed by atoms with Crippen molar-refractivity contribution < 1.29 is 14.3 Å². The summed E-state index contributed by atoms with van der Waals surface area (Å²) in [5, 5.41) is 0. The Hall–Kier alpha value is -3.07. The maximum absolute atomic E-state index is 12.4. The van der Waals surface area contributed by atoms with E-state index in [1.807, 2.05) is 48.5 Å². The van der Waals surface area contributed by atoms with Gasteiger partial charge in [-0.3, -0.25) is 0 Å². The van der Waals surface area contributed by atoms with E-state index in [2.05, 4.69) is 0 Å². The molecule has 3 heteroatoms. The molecular weight excluding hydrogens is 288 g/mol. The van der Waals surface area contributed by atoms with E-state index in [9.17, 15) is 4.79 Å². The number of para-hydroxylation sites is 1. The molecule has 0 amide bonds. The van der Waals surface area contributed by atoms with Crippen LogP contribution in [-0.4, -0.2) is 13.1 Å². The van der Waals surface area contributed by atoms with Crippen LogP contribution in [0.4, 0.5) is 0 Å². The van der Waals surface area contributed by atoms with Gasteiger partial charge in [0.1, 0.15) is 11.5 Å². The van der Waals surface area contributed by atoms with E-state index in [0.717, 1.165) is 11.1 Å². The van der Waals surface area contributed by atoms with E-state index in [1.54, 1.807) is 37.4 Å². The second-order valence-electron chi connectivity index (χ2n) is 4.98. The Bertz CT molecular complexity index is 810. The molecule has 0 atom stereocenters. The van der Waals surface area contributed by atoms with Crippen LogP contribution in [0.15, 0.2) is 78.9 Å². The molecule has 0 aliphatic rings. The first-order valence-electron chi connectivity index (χ1n) is 7.28. The number of rotatable bonds is 4. The van der Waals surface area contributed by atoms with Crippen molar-refractivity contribution in [1.82, 2.24) is 0 Å². The standard InChI is InChI=1S/C20H16O3/c1-22-17-11-7-10-16(14-17)20(21)23-19-13-6-5-12-18(19)15-8-3-2-4-9-15/h2-14H,1H3. The van der Waals surface area contributed by atoms with Gasteiger partial charge in [0.2, 0.25) is 0 Å². The van der Waals surface area contributed by atoms with Crippen LogP contribution in [0.2, 0.25) is 0 Å². The quantitative estimate of drug-likeness (QED) is 0.523. The van der Waals surface area contributed by atoms with Gasteiger partial charge in [-0.05, 0) is 29.8 Å². The number of hydrogen-bond donors (Lipinski definition) is 0. The lowest BCUT2D eigenvalue weighted by molar-refractivity contribution is 0.0735. The average molecular weight is 304 g/mol. The minimum Gasteiger partial charge on any atom is -0.497 e. The molecule has 3 nitrogen and oxygen atoms in total. The normalized spacial score (nSPS) is 10.1. The first-order chi connectivity index (χ1) is 11.3. The number of esters is 1. The Morgan fingerprint density at radius 2 is 1.57 bits per heavy atom. The van der Waals surface area contributed by atoms with E-state index >= 15 is 0 Å². The summed E-state index contributed by atoms with van der Waals surface area (Å²) in [6.45, 7) is 0. The van der Waals surface area contributed by atoms with Crippen molar-refractivity contribution in [3.05, 3.63) is 84.4 Å². The van der Waals surface area contributed by atoms with Crippen LogP contribution in [0.3, 0.4) is 0 Å². The Labute approximate surface area is 135 Å².